The Morgan fingerprint density at radius 3 is 2.33 bits per heavy atom. The highest BCUT2D eigenvalue weighted by Crippen LogP contribution is 2.28. The van der Waals surface area contributed by atoms with Crippen LogP contribution in [0.15, 0.2) is 43.2 Å². The molecular formula is C28H39N7O5. The van der Waals surface area contributed by atoms with Crippen LogP contribution in [0.5, 0.6) is 5.75 Å². The zero-order valence-electron chi connectivity index (χ0n) is 23.7. The minimum Gasteiger partial charge on any atom is -0.480 e. The highest BCUT2D eigenvalue weighted by Gasteiger charge is 2.26. The van der Waals surface area contributed by atoms with Crippen molar-refractivity contribution >= 4 is 35.5 Å². The monoisotopic (exact) mass is 553 g/mol. The zero-order valence-corrected chi connectivity index (χ0v) is 23.7. The van der Waals surface area contributed by atoms with E-state index < -0.39 is 12.0 Å². The second-order valence-electron chi connectivity index (χ2n) is 9.34. The van der Waals surface area contributed by atoms with E-state index in [1.807, 2.05) is 25.7 Å². The molecule has 2 heterocycles. The average molecular weight is 554 g/mol. The lowest BCUT2D eigenvalue weighted by atomic mass is 10.1. The van der Waals surface area contributed by atoms with Crippen molar-refractivity contribution < 1.29 is 24.2 Å². The Hall–Kier alpha value is -4.35. The number of nitrogens with zero attached hydrogens (tertiary/aromatic N) is 6. The standard InChI is InChI=1S/C28H39N7O5/c1-6-32(5)27(38)35(9-4)23-19-29-26(33(7-2)8-3)31-24(23)30-22(25(36)37)18-20-12-14-21(15-13-20)40-28(39)34-16-10-11-17-34/h6,12-15,19,22H,1,7-11,16-18H2,2-5H3,(H,36,37)(H,29,30,31)/t22-/m0/s1. The van der Waals surface area contributed by atoms with E-state index in [2.05, 4.69) is 21.9 Å². The molecule has 216 valence electrons. The Morgan fingerprint density at radius 2 is 1.77 bits per heavy atom. The maximum Gasteiger partial charge on any atom is 0.415 e. The third-order valence-electron chi connectivity index (χ3n) is 6.76. The van der Waals surface area contributed by atoms with Gasteiger partial charge in [-0.2, -0.15) is 4.98 Å². The van der Waals surface area contributed by atoms with Crippen molar-refractivity contribution in [3.63, 3.8) is 0 Å². The number of carbonyl (C=O) groups excluding carboxylic acids is 2. The number of benzene rings is 1. The van der Waals surface area contributed by atoms with Crippen LogP contribution >= 0.6 is 0 Å². The van der Waals surface area contributed by atoms with E-state index in [9.17, 15) is 19.5 Å². The molecule has 1 aliphatic rings. The number of amides is 3. The molecule has 40 heavy (non-hydrogen) atoms. The molecule has 0 saturated carbocycles. The summed E-state index contributed by atoms with van der Waals surface area (Å²) in [5.74, 6) is -0.0415. The minimum atomic E-state index is -1.09. The molecule has 0 bridgehead atoms. The van der Waals surface area contributed by atoms with Crippen LogP contribution in [0.3, 0.4) is 0 Å². The van der Waals surface area contributed by atoms with Gasteiger partial charge in [0, 0.05) is 52.4 Å². The summed E-state index contributed by atoms with van der Waals surface area (Å²) in [6, 6.07) is 5.34. The van der Waals surface area contributed by atoms with Crippen LogP contribution in [0.2, 0.25) is 0 Å². The molecule has 0 radical (unpaired) electrons. The van der Waals surface area contributed by atoms with Crippen LogP contribution in [0, 0.1) is 0 Å². The predicted octanol–water partition coefficient (Wildman–Crippen LogP) is 4.05. The third kappa shape index (κ3) is 7.39. The molecule has 0 aliphatic carbocycles. The summed E-state index contributed by atoms with van der Waals surface area (Å²) < 4.78 is 5.45. The van der Waals surface area contributed by atoms with E-state index in [0.29, 0.717) is 50.1 Å². The van der Waals surface area contributed by atoms with Gasteiger partial charge in [0.15, 0.2) is 5.82 Å². The van der Waals surface area contributed by atoms with Gasteiger partial charge in [-0.05, 0) is 51.3 Å². The molecule has 0 unspecified atom stereocenters. The molecule has 1 aromatic heterocycles. The molecule has 1 fully saturated rings. The fourth-order valence-electron chi connectivity index (χ4n) is 4.37. The largest absolute Gasteiger partial charge is 0.480 e. The Morgan fingerprint density at radius 1 is 1.12 bits per heavy atom. The molecule has 2 aromatic rings. The summed E-state index contributed by atoms with van der Waals surface area (Å²) in [4.78, 5) is 53.1. The van der Waals surface area contributed by atoms with Crippen molar-refractivity contribution in [3.8, 4) is 5.75 Å². The van der Waals surface area contributed by atoms with Crippen LogP contribution < -0.4 is 19.9 Å². The number of urea groups is 1. The first-order valence-corrected chi connectivity index (χ1v) is 13.6. The number of carboxylic acid groups (broad SMARTS) is 1. The number of ether oxygens (including phenoxy) is 1. The summed E-state index contributed by atoms with van der Waals surface area (Å²) in [5.41, 5.74) is 1.07. The number of carboxylic acids is 1. The topological polar surface area (TPSA) is 131 Å². The van der Waals surface area contributed by atoms with Crippen LogP contribution in [0.4, 0.5) is 27.0 Å². The van der Waals surface area contributed by atoms with Gasteiger partial charge in [-0.1, -0.05) is 18.7 Å². The molecule has 1 aromatic carbocycles. The lowest BCUT2D eigenvalue weighted by Crippen LogP contribution is -2.40. The smallest absolute Gasteiger partial charge is 0.415 e. The highest BCUT2D eigenvalue weighted by molar-refractivity contribution is 5.95. The van der Waals surface area contributed by atoms with Gasteiger partial charge in [0.25, 0.3) is 0 Å². The Labute approximate surface area is 235 Å². The van der Waals surface area contributed by atoms with Crippen LogP contribution in [0.25, 0.3) is 0 Å². The van der Waals surface area contributed by atoms with Crippen LogP contribution in [-0.4, -0.2) is 88.8 Å². The lowest BCUT2D eigenvalue weighted by Gasteiger charge is -2.28. The summed E-state index contributed by atoms with van der Waals surface area (Å²) in [6.07, 6.45) is 4.60. The first kappa shape index (κ1) is 30.2. The minimum absolute atomic E-state index is 0.117. The number of hydrogen-bond acceptors (Lipinski definition) is 8. The molecular weight excluding hydrogens is 514 g/mol. The van der Waals surface area contributed by atoms with Gasteiger partial charge in [-0.25, -0.2) is 19.4 Å². The average Bonchev–Trinajstić information content (AvgIpc) is 3.50. The molecule has 0 spiro atoms. The van der Waals surface area contributed by atoms with Gasteiger partial charge in [0.2, 0.25) is 5.95 Å². The molecule has 12 nitrogen and oxygen atoms in total. The SMILES string of the molecule is C=CN(C)C(=O)N(CC)c1cnc(N(CC)CC)nc1N[C@@H](Cc1ccc(OC(=O)N2CCCC2)cc1)C(=O)O. The second kappa shape index (κ2) is 14.2. The summed E-state index contributed by atoms with van der Waals surface area (Å²) >= 11 is 0. The van der Waals surface area contributed by atoms with Gasteiger partial charge in [0.1, 0.15) is 17.5 Å². The van der Waals surface area contributed by atoms with Gasteiger partial charge >= 0.3 is 18.1 Å². The van der Waals surface area contributed by atoms with Crippen molar-refractivity contribution in [2.24, 2.45) is 0 Å². The summed E-state index contributed by atoms with van der Waals surface area (Å²) in [6.45, 7) is 12.4. The first-order chi connectivity index (χ1) is 19.2. The summed E-state index contributed by atoms with van der Waals surface area (Å²) in [5, 5.41) is 13.1. The summed E-state index contributed by atoms with van der Waals surface area (Å²) in [7, 11) is 1.59. The highest BCUT2D eigenvalue weighted by atomic mass is 16.6. The Balaban J connectivity index is 1.86. The maximum absolute atomic E-state index is 13.0. The Kier molecular flexibility index (Phi) is 10.7. The number of aliphatic carboxylic acids is 1. The van der Waals surface area contributed by atoms with Gasteiger partial charge in [0.05, 0.1) is 6.20 Å². The Bertz CT molecular complexity index is 1180. The van der Waals surface area contributed by atoms with E-state index in [1.54, 1.807) is 36.2 Å². The van der Waals surface area contributed by atoms with E-state index in [4.69, 9.17) is 4.74 Å². The normalized spacial score (nSPS) is 13.3. The third-order valence-corrected chi connectivity index (χ3v) is 6.76. The molecule has 12 heteroatoms. The van der Waals surface area contributed by atoms with E-state index >= 15 is 0 Å². The van der Waals surface area contributed by atoms with Crippen molar-refractivity contribution in [1.82, 2.24) is 19.8 Å². The second-order valence-corrected chi connectivity index (χ2v) is 9.34. The fraction of sp³-hybridized carbons (Fsp3) is 0.464. The molecule has 1 atom stereocenters. The number of anilines is 3. The van der Waals surface area contributed by atoms with Gasteiger partial charge in [-0.3, -0.25) is 4.90 Å². The predicted molar refractivity (Wildman–Crippen MR) is 154 cm³/mol. The van der Waals surface area contributed by atoms with Gasteiger partial charge < -0.3 is 29.9 Å². The van der Waals surface area contributed by atoms with Crippen molar-refractivity contribution in [1.29, 1.82) is 0 Å². The number of likely N-dealkylation sites (tertiary alicyclic amines) is 1. The molecule has 3 rings (SSSR count). The van der Waals surface area contributed by atoms with Crippen molar-refractivity contribution in [3.05, 3.63) is 48.8 Å². The maximum atomic E-state index is 13.0. The van der Waals surface area contributed by atoms with Crippen molar-refractivity contribution in [2.45, 2.75) is 46.1 Å². The van der Waals surface area contributed by atoms with Crippen LogP contribution in [-0.2, 0) is 11.2 Å². The number of nitrogens with one attached hydrogen (secondary N) is 1. The van der Waals surface area contributed by atoms with Crippen molar-refractivity contribution in [2.75, 3.05) is 54.9 Å². The number of aromatic nitrogens is 2. The molecule has 1 saturated heterocycles. The molecule has 2 N–H and O–H groups in total. The van der Waals surface area contributed by atoms with E-state index in [0.717, 1.165) is 18.4 Å². The number of rotatable bonds is 12. The number of carbonyl (C=O) groups is 3. The molecule has 1 aliphatic heterocycles. The van der Waals surface area contributed by atoms with Crippen LogP contribution in [0.1, 0.15) is 39.2 Å². The zero-order chi connectivity index (χ0) is 29.2. The lowest BCUT2D eigenvalue weighted by molar-refractivity contribution is -0.137. The quantitative estimate of drug-likeness (QED) is 0.400. The van der Waals surface area contributed by atoms with Gasteiger partial charge in [-0.15, -0.1) is 0 Å². The van der Waals surface area contributed by atoms with E-state index in [-0.39, 0.29) is 24.4 Å². The first-order valence-electron chi connectivity index (χ1n) is 13.6. The fourth-order valence-corrected chi connectivity index (χ4v) is 4.37. The number of hydrogen-bond donors (Lipinski definition) is 2. The molecule has 3 amide bonds. The van der Waals surface area contributed by atoms with E-state index in [1.165, 1.54) is 22.2 Å².